The lowest BCUT2D eigenvalue weighted by molar-refractivity contribution is 0.412. The molecular weight excluding hydrogens is 743 g/mol. The molecule has 6 rings (SSSR count). The second kappa shape index (κ2) is 22.0. The van der Waals surface area contributed by atoms with E-state index in [1.807, 2.05) is 24.3 Å². The Bertz CT molecular complexity index is 2450. The maximum atomic E-state index is 7.99. The van der Waals surface area contributed by atoms with Crippen LogP contribution in [0.3, 0.4) is 0 Å². The highest BCUT2D eigenvalue weighted by atomic mass is 15.0. The summed E-state index contributed by atoms with van der Waals surface area (Å²) in [5.74, 6) is 0.430. The second-order valence-electron chi connectivity index (χ2n) is 16.8. The van der Waals surface area contributed by atoms with Gasteiger partial charge in [0.15, 0.2) is 0 Å². The van der Waals surface area contributed by atoms with Gasteiger partial charge < -0.3 is 26.8 Å². The van der Waals surface area contributed by atoms with Crippen LogP contribution in [0.15, 0.2) is 168 Å². The van der Waals surface area contributed by atoms with Crippen LogP contribution in [0.5, 0.6) is 0 Å². The van der Waals surface area contributed by atoms with Gasteiger partial charge in [0.25, 0.3) is 0 Å². The summed E-state index contributed by atoms with van der Waals surface area (Å²) in [5, 5.41) is 15.4. The number of dihydropyridines is 1. The van der Waals surface area contributed by atoms with Crippen molar-refractivity contribution < 1.29 is 0 Å². The number of fused-ring (bicyclic) bond motifs is 3. The predicted molar refractivity (Wildman–Crippen MR) is 266 cm³/mol. The first-order valence-corrected chi connectivity index (χ1v) is 22.5. The summed E-state index contributed by atoms with van der Waals surface area (Å²) in [6, 6.07) is 22.1. The molecule has 4 aromatic rings. The molecule has 1 aromatic heterocycles. The lowest BCUT2D eigenvalue weighted by Crippen LogP contribution is -2.28. The first-order valence-electron chi connectivity index (χ1n) is 22.5. The minimum Gasteiger partial charge on any atom is -0.404 e. The van der Waals surface area contributed by atoms with Gasteiger partial charge in [-0.2, -0.15) is 0 Å². The van der Waals surface area contributed by atoms with Gasteiger partial charge in [0.1, 0.15) is 0 Å². The van der Waals surface area contributed by atoms with Crippen LogP contribution in [0, 0.1) is 18.3 Å². The fraction of sp³-hybridized carbons (Fsp3) is 0.304. The van der Waals surface area contributed by atoms with Crippen LogP contribution >= 0.6 is 0 Å². The Labute approximate surface area is 365 Å². The molecule has 2 heterocycles. The van der Waals surface area contributed by atoms with Crippen LogP contribution in [-0.2, 0) is 0 Å². The summed E-state index contributed by atoms with van der Waals surface area (Å²) >= 11 is 0. The fourth-order valence-electron chi connectivity index (χ4n) is 8.82. The normalized spacial score (nSPS) is 17.3. The molecule has 6 N–H and O–H groups in total. The summed E-state index contributed by atoms with van der Waals surface area (Å²) in [7, 11) is 0. The van der Waals surface area contributed by atoms with Crippen LogP contribution in [0.1, 0.15) is 108 Å². The van der Waals surface area contributed by atoms with E-state index in [0.717, 1.165) is 58.6 Å². The smallest absolute Gasteiger partial charge is 0.0661 e. The van der Waals surface area contributed by atoms with Gasteiger partial charge >= 0.3 is 0 Å². The molecular formula is C56H67N5. The summed E-state index contributed by atoms with van der Waals surface area (Å²) < 4.78 is 2.40. The van der Waals surface area contributed by atoms with Crippen molar-refractivity contribution in [3.8, 4) is 5.69 Å². The predicted octanol–water partition coefficient (Wildman–Crippen LogP) is 14.2. The van der Waals surface area contributed by atoms with Crippen LogP contribution in [0.2, 0.25) is 0 Å². The minimum absolute atomic E-state index is 0.0939. The molecule has 1 saturated carbocycles. The number of aromatic nitrogens is 1. The van der Waals surface area contributed by atoms with Crippen molar-refractivity contribution in [2.75, 3.05) is 0 Å². The maximum absolute atomic E-state index is 7.99. The Morgan fingerprint density at radius 3 is 2.46 bits per heavy atom. The van der Waals surface area contributed by atoms with E-state index in [4.69, 9.17) is 16.9 Å². The summed E-state index contributed by atoms with van der Waals surface area (Å²) in [6.07, 6.45) is 38.3. The minimum atomic E-state index is 0.0939. The van der Waals surface area contributed by atoms with E-state index in [9.17, 15) is 0 Å². The first kappa shape index (κ1) is 44.5. The molecule has 0 radical (unpaired) electrons. The molecule has 5 nitrogen and oxygen atoms in total. The number of nitrogens with zero attached hydrogens (tertiary/aromatic N) is 1. The Morgan fingerprint density at radius 2 is 1.72 bits per heavy atom. The molecule has 1 fully saturated rings. The van der Waals surface area contributed by atoms with E-state index in [2.05, 4.69) is 141 Å². The van der Waals surface area contributed by atoms with Gasteiger partial charge in [-0.15, -0.1) is 0 Å². The number of rotatable bonds is 19. The SMILES string of the molecule is C=C/C(=C\c1c(C)c2ccc3cc(C4=CC=CC(/C(C)=C/C(=C\N)CCCCCCC)N4)ccc3c2n1-c1ccccc1)C/C=C\C=C(/N)C(=C)/C=C(\C=N)C1CCCCC1. The molecule has 3 aromatic carbocycles. The van der Waals surface area contributed by atoms with Gasteiger partial charge in [0.05, 0.1) is 17.3 Å². The molecule has 5 heteroatoms. The molecule has 0 amide bonds. The average molecular weight is 810 g/mol. The summed E-state index contributed by atoms with van der Waals surface area (Å²) in [4.78, 5) is 0. The number of hydrogen-bond acceptors (Lipinski definition) is 4. The molecule has 2 aliphatic rings. The molecule has 61 heavy (non-hydrogen) atoms. The topological polar surface area (TPSA) is 92.8 Å². The maximum Gasteiger partial charge on any atom is 0.0661 e. The van der Waals surface area contributed by atoms with Crippen molar-refractivity contribution in [3.63, 3.8) is 0 Å². The van der Waals surface area contributed by atoms with Crippen molar-refractivity contribution in [1.29, 1.82) is 5.41 Å². The molecule has 0 spiro atoms. The van der Waals surface area contributed by atoms with Gasteiger partial charge in [0, 0.05) is 34.1 Å². The number of hydrogen-bond donors (Lipinski definition) is 4. The van der Waals surface area contributed by atoms with Crippen LogP contribution in [0.25, 0.3) is 39.1 Å². The van der Waals surface area contributed by atoms with Crippen molar-refractivity contribution in [3.05, 3.63) is 185 Å². The third-order valence-electron chi connectivity index (χ3n) is 12.4. The quantitative estimate of drug-likeness (QED) is 0.0432. The zero-order valence-corrected chi connectivity index (χ0v) is 36.9. The van der Waals surface area contributed by atoms with Gasteiger partial charge in [-0.05, 0) is 145 Å². The Kier molecular flexibility index (Phi) is 16.0. The molecule has 1 aliphatic heterocycles. The van der Waals surface area contributed by atoms with Crippen LogP contribution in [-0.4, -0.2) is 16.8 Å². The number of para-hydroxylation sites is 1. The highest BCUT2D eigenvalue weighted by molar-refractivity contribution is 6.09. The average Bonchev–Trinajstić information content (AvgIpc) is 3.59. The Balaban J connectivity index is 1.25. The van der Waals surface area contributed by atoms with Crippen molar-refractivity contribution >= 4 is 39.7 Å². The van der Waals surface area contributed by atoms with E-state index < -0.39 is 0 Å². The lowest BCUT2D eigenvalue weighted by Gasteiger charge is -2.23. The first-order chi connectivity index (χ1) is 29.8. The van der Waals surface area contributed by atoms with Crippen molar-refractivity contribution in [1.82, 2.24) is 9.88 Å². The number of nitrogens with two attached hydrogens (primary N) is 2. The third kappa shape index (κ3) is 11.2. The number of unbranched alkanes of at least 4 members (excludes halogenated alkanes) is 4. The van der Waals surface area contributed by atoms with Crippen LogP contribution < -0.4 is 16.8 Å². The van der Waals surface area contributed by atoms with Gasteiger partial charge in [-0.1, -0.05) is 144 Å². The van der Waals surface area contributed by atoms with Gasteiger partial charge in [-0.3, -0.25) is 0 Å². The molecule has 0 bridgehead atoms. The number of allylic oxidation sites excluding steroid dienone is 11. The summed E-state index contributed by atoms with van der Waals surface area (Å²) in [6.45, 7) is 15.1. The zero-order chi connectivity index (χ0) is 43.1. The van der Waals surface area contributed by atoms with E-state index in [-0.39, 0.29) is 6.04 Å². The molecule has 316 valence electrons. The van der Waals surface area contributed by atoms with E-state index in [1.54, 1.807) is 6.20 Å². The second-order valence-corrected chi connectivity index (χ2v) is 16.8. The largest absolute Gasteiger partial charge is 0.404 e. The van der Waals surface area contributed by atoms with E-state index in [0.29, 0.717) is 18.0 Å². The lowest BCUT2D eigenvalue weighted by atomic mass is 9.83. The monoisotopic (exact) mass is 810 g/mol. The molecule has 1 unspecified atom stereocenters. The Morgan fingerprint density at radius 1 is 0.951 bits per heavy atom. The van der Waals surface area contributed by atoms with Gasteiger partial charge in [0.2, 0.25) is 0 Å². The number of benzene rings is 3. The highest BCUT2D eigenvalue weighted by Gasteiger charge is 2.20. The zero-order valence-electron chi connectivity index (χ0n) is 36.9. The molecule has 0 saturated heterocycles. The Hall–Kier alpha value is -6.07. The summed E-state index contributed by atoms with van der Waals surface area (Å²) in [5.41, 5.74) is 25.4. The van der Waals surface area contributed by atoms with E-state index in [1.165, 1.54) is 96.0 Å². The molecule has 1 atom stereocenters. The number of nitrogens with one attached hydrogen (secondary N) is 2. The highest BCUT2D eigenvalue weighted by Crippen LogP contribution is 2.37. The molecule has 1 aliphatic carbocycles. The van der Waals surface area contributed by atoms with Crippen LogP contribution in [0.4, 0.5) is 0 Å². The van der Waals surface area contributed by atoms with Gasteiger partial charge in [-0.25, -0.2) is 0 Å². The number of aryl methyl sites for hydroxylation is 1. The van der Waals surface area contributed by atoms with E-state index >= 15 is 0 Å². The van der Waals surface area contributed by atoms with Crippen molar-refractivity contribution in [2.45, 2.75) is 104 Å². The fourth-order valence-corrected chi connectivity index (χ4v) is 8.82. The third-order valence-corrected chi connectivity index (χ3v) is 12.4. The standard InChI is InChI=1S/C56H67N5/c1-6-8-9-10-13-22-44(38-57)34-41(4)53-28-20-29-54(60-53)47-31-33-51-46(37-47)30-32-50-42(5)55(61(56(50)51)49-25-16-12-17-26-49)36-43(7-2)21-18-19-27-52(59)40(3)35-48(39-58)45-23-14-11-15-24-45/h7,12,16-20,25-39,45,53,58,60H,2-3,6,8-11,13-15,21-24,57,59H2,1,4-5H3/b19-18-,41-34+,43-36+,44-38-,48-35+,52-27-,58-39?. The van der Waals surface area contributed by atoms with Crippen molar-refractivity contribution in [2.24, 2.45) is 17.4 Å².